The van der Waals surface area contributed by atoms with Crippen molar-refractivity contribution in [3.05, 3.63) is 17.3 Å². The summed E-state index contributed by atoms with van der Waals surface area (Å²) < 4.78 is 55.4. The zero-order valence-corrected chi connectivity index (χ0v) is 13.9. The number of hydrogen-bond donors (Lipinski definition) is 1. The second-order valence-electron chi connectivity index (χ2n) is 5.88. The van der Waals surface area contributed by atoms with Crippen LogP contribution < -0.4 is 9.46 Å². The Morgan fingerprint density at radius 3 is 2.36 bits per heavy atom. The summed E-state index contributed by atoms with van der Waals surface area (Å²) in [6.45, 7) is 7.40. The first-order valence-corrected chi connectivity index (χ1v) is 7.77. The van der Waals surface area contributed by atoms with Crippen LogP contribution in [0.15, 0.2) is 6.07 Å². The summed E-state index contributed by atoms with van der Waals surface area (Å²) in [5.41, 5.74) is 0.916. The van der Waals surface area contributed by atoms with E-state index in [2.05, 4.69) is 19.7 Å². The van der Waals surface area contributed by atoms with Crippen molar-refractivity contribution in [2.24, 2.45) is 0 Å². The molecule has 0 aliphatic carbocycles. The molecule has 9 heteroatoms. The molecule has 126 valence electrons. The third kappa shape index (κ3) is 5.88. The molecule has 0 fully saturated rings. The molecule has 0 aliphatic heterocycles. The van der Waals surface area contributed by atoms with Gasteiger partial charge in [0.1, 0.15) is 0 Å². The van der Waals surface area contributed by atoms with Crippen molar-refractivity contribution in [1.82, 2.24) is 14.9 Å². The topological polar surface area (TPSA) is 64.1 Å². The van der Waals surface area contributed by atoms with Gasteiger partial charge < -0.3 is 4.74 Å². The quantitative estimate of drug-likeness (QED) is 0.896. The van der Waals surface area contributed by atoms with E-state index in [-0.39, 0.29) is 11.9 Å². The summed E-state index contributed by atoms with van der Waals surface area (Å²) in [4.78, 5) is 0. The second kappa shape index (κ2) is 6.91. The zero-order valence-electron chi connectivity index (χ0n) is 13.1. The molecule has 0 amide bonds. The number of hydrogen-bond acceptors (Lipinski definition) is 4. The monoisotopic (exact) mass is 339 g/mol. The van der Waals surface area contributed by atoms with Crippen molar-refractivity contribution >= 4 is 11.0 Å². The predicted octanol–water partition coefficient (Wildman–Crippen LogP) is 2.84. The first kappa shape index (κ1) is 18.8. The lowest BCUT2D eigenvalue weighted by molar-refractivity contribution is -0.154. The Labute approximate surface area is 130 Å². The van der Waals surface area contributed by atoms with Gasteiger partial charge in [0.05, 0.1) is 27.5 Å². The fraction of sp³-hybridized carbons (Fsp3) is 0.692. The van der Waals surface area contributed by atoms with E-state index in [1.54, 1.807) is 19.9 Å². The van der Waals surface area contributed by atoms with E-state index in [1.165, 1.54) is 0 Å². The number of rotatable bonds is 5. The Bertz CT molecular complexity index is 544. The van der Waals surface area contributed by atoms with Gasteiger partial charge in [-0.25, -0.2) is 8.93 Å². The fourth-order valence-corrected chi connectivity index (χ4v) is 2.19. The molecule has 0 spiro atoms. The predicted molar refractivity (Wildman–Crippen MR) is 77.8 cm³/mol. The third-order valence-corrected chi connectivity index (χ3v) is 4.29. The summed E-state index contributed by atoms with van der Waals surface area (Å²) in [5, 5.41) is 7.50. The average Bonchev–Trinajstić information content (AvgIpc) is 2.34. The summed E-state index contributed by atoms with van der Waals surface area (Å²) in [7, 11) is -1.29. The Morgan fingerprint density at radius 1 is 1.32 bits per heavy atom. The van der Waals surface area contributed by atoms with Crippen LogP contribution in [0.3, 0.4) is 0 Å². The van der Waals surface area contributed by atoms with E-state index in [1.807, 2.05) is 20.8 Å². The van der Waals surface area contributed by atoms with Crippen molar-refractivity contribution in [1.29, 1.82) is 0 Å². The smallest absolute Gasteiger partial charge is 0.422 e. The van der Waals surface area contributed by atoms with Crippen molar-refractivity contribution in [3.8, 4) is 5.88 Å². The van der Waals surface area contributed by atoms with Crippen LogP contribution in [-0.2, 0) is 11.0 Å². The van der Waals surface area contributed by atoms with Crippen LogP contribution in [-0.4, -0.2) is 31.9 Å². The number of ether oxygens (including phenoxy) is 1. The molecule has 0 aliphatic rings. The molecule has 1 rings (SSSR count). The largest absolute Gasteiger partial charge is 0.467 e. The highest BCUT2D eigenvalue weighted by molar-refractivity contribution is 7.84. The third-order valence-electron chi connectivity index (χ3n) is 2.61. The van der Waals surface area contributed by atoms with Gasteiger partial charge in [-0.1, -0.05) is 0 Å². The van der Waals surface area contributed by atoms with Crippen LogP contribution in [0.1, 0.15) is 45.0 Å². The molecular formula is C13H20F3N3O2S. The SMILES string of the molecule is Cc1cc(C(C)N[S@](=O)C(C)(C)C)nnc1OCC(F)(F)F. The zero-order chi connectivity index (χ0) is 17.1. The molecule has 0 saturated heterocycles. The number of nitrogens with zero attached hydrogens (tertiary/aromatic N) is 2. The highest BCUT2D eigenvalue weighted by Crippen LogP contribution is 2.22. The van der Waals surface area contributed by atoms with Gasteiger partial charge in [-0.3, -0.25) is 0 Å². The number of aromatic nitrogens is 2. The molecule has 0 radical (unpaired) electrons. The van der Waals surface area contributed by atoms with E-state index in [0.29, 0.717) is 11.3 Å². The van der Waals surface area contributed by atoms with Gasteiger partial charge in [-0.2, -0.15) is 18.3 Å². The van der Waals surface area contributed by atoms with E-state index >= 15 is 0 Å². The number of nitrogens with one attached hydrogen (secondary N) is 1. The van der Waals surface area contributed by atoms with E-state index in [9.17, 15) is 17.4 Å². The minimum absolute atomic E-state index is 0.162. The molecule has 1 aromatic rings. The Morgan fingerprint density at radius 2 is 1.91 bits per heavy atom. The molecule has 0 aromatic carbocycles. The maximum Gasteiger partial charge on any atom is 0.422 e. The van der Waals surface area contributed by atoms with Gasteiger partial charge in [0, 0.05) is 5.56 Å². The normalized spacial score (nSPS) is 15.5. The maximum absolute atomic E-state index is 12.1. The molecule has 2 atom stereocenters. The van der Waals surface area contributed by atoms with E-state index in [4.69, 9.17) is 0 Å². The molecule has 1 aromatic heterocycles. The summed E-state index contributed by atoms with van der Waals surface area (Å²) >= 11 is 0. The molecule has 5 nitrogen and oxygen atoms in total. The van der Waals surface area contributed by atoms with Gasteiger partial charge in [0.25, 0.3) is 0 Å². The highest BCUT2D eigenvalue weighted by atomic mass is 32.2. The molecule has 1 heterocycles. The fourth-order valence-electron chi connectivity index (χ4n) is 1.40. The summed E-state index contributed by atoms with van der Waals surface area (Å²) in [5.74, 6) is -0.162. The van der Waals surface area contributed by atoms with Crippen LogP contribution in [0.5, 0.6) is 5.88 Å². The number of halogens is 3. The molecule has 1 N–H and O–H groups in total. The first-order chi connectivity index (χ1) is 9.90. The van der Waals surface area contributed by atoms with E-state index in [0.717, 1.165) is 0 Å². The second-order valence-corrected chi connectivity index (χ2v) is 7.88. The number of aryl methyl sites for hydroxylation is 1. The van der Waals surface area contributed by atoms with Crippen molar-refractivity contribution in [3.63, 3.8) is 0 Å². The van der Waals surface area contributed by atoms with E-state index < -0.39 is 28.5 Å². The van der Waals surface area contributed by atoms with Gasteiger partial charge in [0.2, 0.25) is 5.88 Å². The van der Waals surface area contributed by atoms with Gasteiger partial charge in [-0.05, 0) is 40.7 Å². The van der Waals surface area contributed by atoms with Crippen LogP contribution in [0, 0.1) is 6.92 Å². The summed E-state index contributed by atoms with van der Waals surface area (Å²) in [6.07, 6.45) is -4.43. The Balaban J connectivity index is 2.78. The standard InChI is InChI=1S/C13H20F3N3O2S/c1-8-6-10(9(2)19-22(20)12(3,4)5)17-18-11(8)21-7-13(14,15)16/h6,9,19H,7H2,1-5H3/t9?,22-/m1/s1. The maximum atomic E-state index is 12.1. The minimum atomic E-state index is -4.43. The molecule has 1 unspecified atom stereocenters. The first-order valence-electron chi connectivity index (χ1n) is 6.62. The lowest BCUT2D eigenvalue weighted by Gasteiger charge is -2.21. The van der Waals surface area contributed by atoms with Crippen LogP contribution in [0.25, 0.3) is 0 Å². The van der Waals surface area contributed by atoms with Gasteiger partial charge in [0.15, 0.2) is 6.61 Å². The highest BCUT2D eigenvalue weighted by Gasteiger charge is 2.29. The van der Waals surface area contributed by atoms with Crippen molar-refractivity contribution in [2.75, 3.05) is 6.61 Å². The molecular weight excluding hydrogens is 319 g/mol. The molecule has 22 heavy (non-hydrogen) atoms. The summed E-state index contributed by atoms with van der Waals surface area (Å²) in [6, 6.07) is 1.21. The average molecular weight is 339 g/mol. The lowest BCUT2D eigenvalue weighted by atomic mass is 10.2. The van der Waals surface area contributed by atoms with Gasteiger partial charge in [-0.15, -0.1) is 5.10 Å². The van der Waals surface area contributed by atoms with Gasteiger partial charge >= 0.3 is 6.18 Å². The Kier molecular flexibility index (Phi) is 5.91. The Hall–Kier alpha value is -1.22. The molecule has 0 saturated carbocycles. The van der Waals surface area contributed by atoms with Crippen LogP contribution in [0.2, 0.25) is 0 Å². The molecule has 0 bridgehead atoms. The minimum Gasteiger partial charge on any atom is -0.467 e. The van der Waals surface area contributed by atoms with Crippen molar-refractivity contribution < 1.29 is 22.1 Å². The van der Waals surface area contributed by atoms with Crippen LogP contribution in [0.4, 0.5) is 13.2 Å². The van der Waals surface area contributed by atoms with Crippen molar-refractivity contribution in [2.45, 2.75) is 51.6 Å². The van der Waals surface area contributed by atoms with Crippen LogP contribution >= 0.6 is 0 Å². The number of alkyl halides is 3. The lowest BCUT2D eigenvalue weighted by Crippen LogP contribution is -2.35.